The lowest BCUT2D eigenvalue weighted by atomic mass is 10.0. The highest BCUT2D eigenvalue weighted by molar-refractivity contribution is 5.85. The first kappa shape index (κ1) is 20.1. The fourth-order valence-electron chi connectivity index (χ4n) is 2.28. The Hall–Kier alpha value is -0.860. The van der Waals surface area contributed by atoms with Crippen LogP contribution in [0.1, 0.15) is 97.8 Å². The van der Waals surface area contributed by atoms with E-state index in [2.05, 4.69) is 20.8 Å². The van der Waals surface area contributed by atoms with E-state index < -0.39 is 0 Å². The molecule has 0 aliphatic rings. The summed E-state index contributed by atoms with van der Waals surface area (Å²) in [6.45, 7) is 6.59. The molecule has 0 aliphatic heterocycles. The largest absolute Gasteiger partial charge is 0.393 e. The van der Waals surface area contributed by atoms with Crippen LogP contribution >= 0.6 is 0 Å². The SMILES string of the molecule is CCCCCCCCC(=O)OC(=O)CCCCCC(C)C. The molecule has 0 aliphatic carbocycles. The standard InChI is InChI=1S/C18H34O3/c1-4-5-6-7-8-11-14-17(19)21-18(20)15-12-9-10-13-16(2)3/h16H,4-15H2,1-3H3. The summed E-state index contributed by atoms with van der Waals surface area (Å²) < 4.78 is 4.83. The number of carbonyl (C=O) groups is 2. The third kappa shape index (κ3) is 15.3. The van der Waals surface area contributed by atoms with Crippen molar-refractivity contribution in [2.45, 2.75) is 97.8 Å². The number of esters is 2. The summed E-state index contributed by atoms with van der Waals surface area (Å²) in [4.78, 5) is 23.0. The maximum atomic E-state index is 11.5. The van der Waals surface area contributed by atoms with Gasteiger partial charge in [-0.3, -0.25) is 9.59 Å². The molecule has 0 aromatic carbocycles. The summed E-state index contributed by atoms with van der Waals surface area (Å²) in [6, 6.07) is 0. The monoisotopic (exact) mass is 298 g/mol. The van der Waals surface area contributed by atoms with Crippen molar-refractivity contribution in [1.29, 1.82) is 0 Å². The lowest BCUT2D eigenvalue weighted by Crippen LogP contribution is -2.11. The van der Waals surface area contributed by atoms with E-state index in [1.165, 1.54) is 32.1 Å². The van der Waals surface area contributed by atoms with Crippen molar-refractivity contribution in [1.82, 2.24) is 0 Å². The second kappa shape index (κ2) is 14.1. The van der Waals surface area contributed by atoms with E-state index in [9.17, 15) is 9.59 Å². The smallest absolute Gasteiger partial charge is 0.313 e. The Morgan fingerprint density at radius 1 is 0.762 bits per heavy atom. The zero-order valence-corrected chi connectivity index (χ0v) is 14.3. The molecule has 0 unspecified atom stereocenters. The van der Waals surface area contributed by atoms with Crippen LogP contribution in [0, 0.1) is 5.92 Å². The quantitative estimate of drug-likeness (QED) is 0.259. The lowest BCUT2D eigenvalue weighted by molar-refractivity contribution is -0.159. The lowest BCUT2D eigenvalue weighted by Gasteiger charge is -2.05. The Kier molecular flexibility index (Phi) is 13.5. The van der Waals surface area contributed by atoms with Crippen molar-refractivity contribution in [3.05, 3.63) is 0 Å². The van der Waals surface area contributed by atoms with Crippen molar-refractivity contribution < 1.29 is 14.3 Å². The van der Waals surface area contributed by atoms with Crippen LogP contribution in [0.4, 0.5) is 0 Å². The van der Waals surface area contributed by atoms with Gasteiger partial charge in [0.1, 0.15) is 0 Å². The Balaban J connectivity index is 3.42. The van der Waals surface area contributed by atoms with E-state index in [-0.39, 0.29) is 11.9 Å². The molecule has 0 atom stereocenters. The minimum absolute atomic E-state index is 0.349. The highest BCUT2D eigenvalue weighted by atomic mass is 16.6. The number of ether oxygens (including phenoxy) is 1. The number of hydrogen-bond acceptors (Lipinski definition) is 3. The van der Waals surface area contributed by atoms with Gasteiger partial charge in [-0.1, -0.05) is 72.1 Å². The number of hydrogen-bond donors (Lipinski definition) is 0. The average Bonchev–Trinajstić information content (AvgIpc) is 2.42. The van der Waals surface area contributed by atoms with E-state index in [1.807, 2.05) is 0 Å². The van der Waals surface area contributed by atoms with Crippen molar-refractivity contribution in [2.75, 3.05) is 0 Å². The van der Waals surface area contributed by atoms with Crippen LogP contribution in [-0.2, 0) is 14.3 Å². The molecule has 0 radical (unpaired) electrons. The predicted octanol–water partition coefficient (Wildman–Crippen LogP) is 5.41. The van der Waals surface area contributed by atoms with E-state index >= 15 is 0 Å². The molecule has 0 N–H and O–H groups in total. The zero-order chi connectivity index (χ0) is 15.9. The minimum atomic E-state index is -0.351. The van der Waals surface area contributed by atoms with Crippen LogP contribution in [-0.4, -0.2) is 11.9 Å². The maximum absolute atomic E-state index is 11.5. The van der Waals surface area contributed by atoms with Gasteiger partial charge in [0.25, 0.3) is 0 Å². The third-order valence-corrected chi connectivity index (χ3v) is 3.62. The van der Waals surface area contributed by atoms with Gasteiger partial charge >= 0.3 is 11.9 Å². The van der Waals surface area contributed by atoms with Crippen molar-refractivity contribution >= 4 is 11.9 Å². The highest BCUT2D eigenvalue weighted by Crippen LogP contribution is 2.11. The van der Waals surface area contributed by atoms with Gasteiger partial charge in [0.2, 0.25) is 0 Å². The van der Waals surface area contributed by atoms with Crippen LogP contribution in [0.3, 0.4) is 0 Å². The highest BCUT2D eigenvalue weighted by Gasteiger charge is 2.09. The summed E-state index contributed by atoms with van der Waals surface area (Å²) in [5, 5.41) is 0. The molecule has 21 heavy (non-hydrogen) atoms. The van der Waals surface area contributed by atoms with Gasteiger partial charge in [-0.25, -0.2) is 0 Å². The average molecular weight is 298 g/mol. The molecular formula is C18H34O3. The Bertz CT molecular complexity index is 272. The topological polar surface area (TPSA) is 43.4 Å². The molecule has 0 bridgehead atoms. The second-order valence-electron chi connectivity index (χ2n) is 6.36. The van der Waals surface area contributed by atoms with Gasteiger partial charge in [0, 0.05) is 12.8 Å². The molecule has 0 amide bonds. The summed E-state index contributed by atoms with van der Waals surface area (Å²) in [6.07, 6.45) is 11.8. The van der Waals surface area contributed by atoms with Crippen LogP contribution in [0.15, 0.2) is 0 Å². The summed E-state index contributed by atoms with van der Waals surface area (Å²) in [7, 11) is 0. The second-order valence-corrected chi connectivity index (χ2v) is 6.36. The molecule has 0 fully saturated rings. The molecule has 0 aromatic rings. The molecule has 3 nitrogen and oxygen atoms in total. The molecular weight excluding hydrogens is 264 g/mol. The normalized spacial score (nSPS) is 10.9. The first-order valence-corrected chi connectivity index (χ1v) is 8.79. The molecule has 0 saturated heterocycles. The van der Waals surface area contributed by atoms with Crippen molar-refractivity contribution in [3.63, 3.8) is 0 Å². The van der Waals surface area contributed by atoms with Gasteiger partial charge in [-0.2, -0.15) is 0 Å². The van der Waals surface area contributed by atoms with Gasteiger partial charge in [-0.15, -0.1) is 0 Å². The zero-order valence-electron chi connectivity index (χ0n) is 14.3. The van der Waals surface area contributed by atoms with Crippen LogP contribution < -0.4 is 0 Å². The summed E-state index contributed by atoms with van der Waals surface area (Å²) >= 11 is 0. The van der Waals surface area contributed by atoms with Gasteiger partial charge in [0.05, 0.1) is 0 Å². The molecule has 0 saturated carbocycles. The van der Waals surface area contributed by atoms with E-state index in [1.54, 1.807) is 0 Å². The number of carbonyl (C=O) groups excluding carboxylic acids is 2. The molecule has 0 aromatic heterocycles. The number of rotatable bonds is 13. The fraction of sp³-hybridized carbons (Fsp3) is 0.889. The first-order valence-electron chi connectivity index (χ1n) is 8.79. The van der Waals surface area contributed by atoms with Crippen molar-refractivity contribution in [3.8, 4) is 0 Å². The number of unbranched alkanes of at least 4 members (excludes halogenated alkanes) is 7. The summed E-state index contributed by atoms with van der Waals surface area (Å²) in [5.41, 5.74) is 0. The third-order valence-electron chi connectivity index (χ3n) is 3.62. The molecule has 124 valence electrons. The Labute approximate surface area is 130 Å². The maximum Gasteiger partial charge on any atom is 0.313 e. The van der Waals surface area contributed by atoms with E-state index in [0.29, 0.717) is 12.8 Å². The van der Waals surface area contributed by atoms with Crippen LogP contribution in [0.25, 0.3) is 0 Å². The Morgan fingerprint density at radius 2 is 1.24 bits per heavy atom. The van der Waals surface area contributed by atoms with Crippen LogP contribution in [0.2, 0.25) is 0 Å². The summed E-state index contributed by atoms with van der Waals surface area (Å²) in [5.74, 6) is 0.0176. The first-order chi connectivity index (χ1) is 10.1. The van der Waals surface area contributed by atoms with E-state index in [0.717, 1.165) is 38.0 Å². The molecule has 0 spiro atoms. The van der Waals surface area contributed by atoms with E-state index in [4.69, 9.17) is 4.74 Å². The molecule has 0 rings (SSSR count). The van der Waals surface area contributed by atoms with Gasteiger partial charge < -0.3 is 4.74 Å². The predicted molar refractivity (Wildman–Crippen MR) is 87.0 cm³/mol. The van der Waals surface area contributed by atoms with Crippen molar-refractivity contribution in [2.24, 2.45) is 5.92 Å². The fourth-order valence-corrected chi connectivity index (χ4v) is 2.28. The molecule has 0 heterocycles. The van der Waals surface area contributed by atoms with Gasteiger partial charge in [-0.05, 0) is 18.8 Å². The van der Waals surface area contributed by atoms with Gasteiger partial charge in [0.15, 0.2) is 0 Å². The van der Waals surface area contributed by atoms with Crippen LogP contribution in [0.5, 0.6) is 0 Å². The Morgan fingerprint density at radius 3 is 1.76 bits per heavy atom. The minimum Gasteiger partial charge on any atom is -0.393 e. The molecule has 3 heteroatoms.